The van der Waals surface area contributed by atoms with E-state index in [4.69, 9.17) is 16.3 Å². The van der Waals surface area contributed by atoms with Crippen LogP contribution in [0, 0.1) is 0 Å². The van der Waals surface area contributed by atoms with Gasteiger partial charge in [-0.1, -0.05) is 37.1 Å². The van der Waals surface area contributed by atoms with Gasteiger partial charge in [0.05, 0.1) is 5.02 Å². The Labute approximate surface area is 114 Å². The van der Waals surface area contributed by atoms with Gasteiger partial charge in [0, 0.05) is 25.3 Å². The molecule has 0 aliphatic rings. The summed E-state index contributed by atoms with van der Waals surface area (Å²) in [4.78, 5) is 0. The number of hydrogen-bond acceptors (Lipinski definition) is 3. The van der Waals surface area contributed by atoms with Crippen LogP contribution in [0.1, 0.15) is 31.7 Å². The number of nitrogens with one attached hydrogen (secondary N) is 1. The number of para-hydroxylation sites is 1. The van der Waals surface area contributed by atoms with Crippen LogP contribution in [0.25, 0.3) is 0 Å². The maximum absolute atomic E-state index is 9.70. The van der Waals surface area contributed by atoms with E-state index in [1.54, 1.807) is 6.07 Å². The third-order valence-electron chi connectivity index (χ3n) is 2.67. The predicted molar refractivity (Wildman–Crippen MR) is 75.2 cm³/mol. The number of halogens is 1. The summed E-state index contributed by atoms with van der Waals surface area (Å²) in [5.74, 6) is 0.172. The fourth-order valence-corrected chi connectivity index (χ4v) is 1.77. The lowest BCUT2D eigenvalue weighted by Gasteiger charge is -2.08. The van der Waals surface area contributed by atoms with Crippen molar-refractivity contribution in [3.63, 3.8) is 0 Å². The molecule has 102 valence electrons. The van der Waals surface area contributed by atoms with Gasteiger partial charge in [0.25, 0.3) is 0 Å². The Morgan fingerprint density at radius 1 is 1.28 bits per heavy atom. The molecular weight excluding hydrogens is 250 g/mol. The highest BCUT2D eigenvalue weighted by molar-refractivity contribution is 6.32. The summed E-state index contributed by atoms with van der Waals surface area (Å²) >= 11 is 5.83. The average Bonchev–Trinajstić information content (AvgIpc) is 2.37. The van der Waals surface area contributed by atoms with E-state index in [1.165, 1.54) is 6.42 Å². The number of benzene rings is 1. The molecule has 0 bridgehead atoms. The van der Waals surface area contributed by atoms with Crippen LogP contribution in [0.3, 0.4) is 0 Å². The number of phenolic OH excluding ortho intramolecular Hbond substituents is 1. The zero-order valence-corrected chi connectivity index (χ0v) is 11.7. The molecule has 1 aromatic rings. The van der Waals surface area contributed by atoms with Gasteiger partial charge in [-0.25, -0.2) is 0 Å². The molecule has 0 fully saturated rings. The van der Waals surface area contributed by atoms with Crippen molar-refractivity contribution < 1.29 is 9.84 Å². The Bertz CT molecular complexity index is 345. The monoisotopic (exact) mass is 271 g/mol. The van der Waals surface area contributed by atoms with Gasteiger partial charge in [0.1, 0.15) is 5.75 Å². The Morgan fingerprint density at radius 3 is 2.83 bits per heavy atom. The van der Waals surface area contributed by atoms with Crippen LogP contribution < -0.4 is 5.32 Å². The summed E-state index contributed by atoms with van der Waals surface area (Å²) < 4.78 is 5.46. The van der Waals surface area contributed by atoms with Crippen LogP contribution in [-0.2, 0) is 11.3 Å². The van der Waals surface area contributed by atoms with Crippen LogP contribution in [0.2, 0.25) is 5.02 Å². The zero-order valence-electron chi connectivity index (χ0n) is 10.9. The highest BCUT2D eigenvalue weighted by atomic mass is 35.5. The number of rotatable bonds is 9. The fraction of sp³-hybridized carbons (Fsp3) is 0.571. The number of ether oxygens (including phenoxy) is 1. The number of phenols is 1. The molecule has 0 atom stereocenters. The van der Waals surface area contributed by atoms with Crippen molar-refractivity contribution in [2.75, 3.05) is 19.8 Å². The molecule has 2 N–H and O–H groups in total. The SMILES string of the molecule is CCCCOCCCNCc1cccc(Cl)c1O. The largest absolute Gasteiger partial charge is 0.506 e. The van der Waals surface area contributed by atoms with Crippen molar-refractivity contribution in [2.45, 2.75) is 32.7 Å². The Morgan fingerprint density at radius 2 is 2.06 bits per heavy atom. The van der Waals surface area contributed by atoms with Crippen LogP contribution >= 0.6 is 11.6 Å². The van der Waals surface area contributed by atoms with Gasteiger partial charge < -0.3 is 15.2 Å². The van der Waals surface area contributed by atoms with Crippen molar-refractivity contribution in [1.29, 1.82) is 0 Å². The molecule has 0 saturated heterocycles. The number of aromatic hydroxyl groups is 1. The summed E-state index contributed by atoms with van der Waals surface area (Å²) in [6.07, 6.45) is 3.28. The molecule has 0 amide bonds. The zero-order chi connectivity index (χ0) is 13.2. The molecule has 0 aliphatic carbocycles. The van der Waals surface area contributed by atoms with Gasteiger partial charge in [-0.05, 0) is 25.5 Å². The minimum atomic E-state index is 0.172. The molecule has 0 aromatic heterocycles. The first-order valence-electron chi connectivity index (χ1n) is 6.50. The van der Waals surface area contributed by atoms with E-state index >= 15 is 0 Å². The summed E-state index contributed by atoms with van der Waals surface area (Å²) in [6.45, 7) is 5.29. The summed E-state index contributed by atoms with van der Waals surface area (Å²) in [5.41, 5.74) is 0.828. The summed E-state index contributed by atoms with van der Waals surface area (Å²) in [7, 11) is 0. The highest BCUT2D eigenvalue weighted by Crippen LogP contribution is 2.26. The lowest BCUT2D eigenvalue weighted by Crippen LogP contribution is -2.16. The maximum Gasteiger partial charge on any atom is 0.138 e. The van der Waals surface area contributed by atoms with Gasteiger partial charge in [0.2, 0.25) is 0 Å². The topological polar surface area (TPSA) is 41.5 Å². The van der Waals surface area contributed by atoms with E-state index in [-0.39, 0.29) is 5.75 Å². The number of hydrogen-bond donors (Lipinski definition) is 2. The molecule has 0 heterocycles. The van der Waals surface area contributed by atoms with E-state index in [2.05, 4.69) is 12.2 Å². The molecule has 0 unspecified atom stereocenters. The van der Waals surface area contributed by atoms with Gasteiger partial charge in [0.15, 0.2) is 0 Å². The molecule has 0 radical (unpaired) electrons. The first-order valence-corrected chi connectivity index (χ1v) is 6.88. The van der Waals surface area contributed by atoms with E-state index in [9.17, 15) is 5.11 Å². The van der Waals surface area contributed by atoms with Gasteiger partial charge in [-0.2, -0.15) is 0 Å². The van der Waals surface area contributed by atoms with Crippen molar-refractivity contribution >= 4 is 11.6 Å². The number of unbranched alkanes of at least 4 members (excludes halogenated alkanes) is 1. The quantitative estimate of drug-likeness (QED) is 0.677. The molecule has 0 aliphatic heterocycles. The Hall–Kier alpha value is -0.770. The minimum absolute atomic E-state index is 0.172. The van der Waals surface area contributed by atoms with E-state index in [0.29, 0.717) is 11.6 Å². The van der Waals surface area contributed by atoms with E-state index in [0.717, 1.165) is 38.2 Å². The third kappa shape index (κ3) is 5.71. The van der Waals surface area contributed by atoms with Gasteiger partial charge >= 0.3 is 0 Å². The lowest BCUT2D eigenvalue weighted by molar-refractivity contribution is 0.128. The second-order valence-corrected chi connectivity index (χ2v) is 4.65. The van der Waals surface area contributed by atoms with Crippen LogP contribution in [0.15, 0.2) is 18.2 Å². The smallest absolute Gasteiger partial charge is 0.138 e. The van der Waals surface area contributed by atoms with Gasteiger partial charge in [-0.3, -0.25) is 0 Å². The van der Waals surface area contributed by atoms with E-state index < -0.39 is 0 Å². The molecule has 4 heteroatoms. The summed E-state index contributed by atoms with van der Waals surface area (Å²) in [6, 6.07) is 5.39. The normalized spacial score (nSPS) is 10.8. The predicted octanol–water partition coefficient (Wildman–Crippen LogP) is 3.34. The maximum atomic E-state index is 9.70. The van der Waals surface area contributed by atoms with Crippen LogP contribution in [0.4, 0.5) is 0 Å². The summed E-state index contributed by atoms with van der Waals surface area (Å²) in [5, 5.41) is 13.4. The molecule has 1 aromatic carbocycles. The Kier molecular flexibility index (Phi) is 7.81. The highest BCUT2D eigenvalue weighted by Gasteiger charge is 2.03. The first-order chi connectivity index (χ1) is 8.75. The molecule has 0 saturated carbocycles. The average molecular weight is 272 g/mol. The van der Waals surface area contributed by atoms with Crippen LogP contribution in [0.5, 0.6) is 5.75 Å². The van der Waals surface area contributed by atoms with Gasteiger partial charge in [-0.15, -0.1) is 0 Å². The van der Waals surface area contributed by atoms with Crippen molar-refractivity contribution in [1.82, 2.24) is 5.32 Å². The molecule has 0 spiro atoms. The third-order valence-corrected chi connectivity index (χ3v) is 2.98. The second kappa shape index (κ2) is 9.20. The second-order valence-electron chi connectivity index (χ2n) is 4.24. The van der Waals surface area contributed by atoms with Crippen molar-refractivity contribution in [3.05, 3.63) is 28.8 Å². The first kappa shape index (κ1) is 15.3. The molecule has 18 heavy (non-hydrogen) atoms. The van der Waals surface area contributed by atoms with E-state index in [1.807, 2.05) is 12.1 Å². The molecule has 3 nitrogen and oxygen atoms in total. The van der Waals surface area contributed by atoms with Crippen molar-refractivity contribution in [3.8, 4) is 5.75 Å². The molecule has 1 rings (SSSR count). The van der Waals surface area contributed by atoms with Crippen LogP contribution in [-0.4, -0.2) is 24.9 Å². The fourth-order valence-electron chi connectivity index (χ4n) is 1.57. The Balaban J connectivity index is 2.09. The minimum Gasteiger partial charge on any atom is -0.506 e. The lowest BCUT2D eigenvalue weighted by atomic mass is 10.2. The standard InChI is InChI=1S/C14H22ClNO2/c1-2-3-9-18-10-5-8-16-11-12-6-4-7-13(15)14(12)17/h4,6-7,16-17H,2-3,5,8-11H2,1H3. The molecular formula is C14H22ClNO2. The van der Waals surface area contributed by atoms with Crippen molar-refractivity contribution in [2.24, 2.45) is 0 Å².